The van der Waals surface area contributed by atoms with Crippen molar-refractivity contribution in [1.82, 2.24) is 9.55 Å². The average Bonchev–Trinajstić information content (AvgIpc) is 2.70. The highest BCUT2D eigenvalue weighted by atomic mass is 35.5. The standard InChI is InChI=1S/C22H24ClN3O2S/c1-14(2)13-26-21(28)18-12-16(23)10-11-19(18)24-22(26)29-15(3)20(27)25(4)17-8-6-5-7-9-17/h5-12,14-15H,13H2,1-4H3/t15-/m1/s1. The predicted molar refractivity (Wildman–Crippen MR) is 121 cm³/mol. The highest BCUT2D eigenvalue weighted by molar-refractivity contribution is 8.00. The van der Waals surface area contributed by atoms with Crippen LogP contribution in [0.1, 0.15) is 20.8 Å². The van der Waals surface area contributed by atoms with Crippen LogP contribution in [0, 0.1) is 5.92 Å². The molecule has 0 fully saturated rings. The van der Waals surface area contributed by atoms with Crippen LogP contribution < -0.4 is 10.5 Å². The number of aromatic nitrogens is 2. The van der Waals surface area contributed by atoms with Crippen LogP contribution in [0.5, 0.6) is 0 Å². The van der Waals surface area contributed by atoms with Crippen molar-refractivity contribution < 1.29 is 4.79 Å². The van der Waals surface area contributed by atoms with Gasteiger partial charge in [-0.1, -0.05) is 55.4 Å². The number of amides is 1. The second-order valence-corrected chi connectivity index (χ2v) is 9.10. The summed E-state index contributed by atoms with van der Waals surface area (Å²) in [5, 5.41) is 1.12. The molecule has 0 saturated heterocycles. The van der Waals surface area contributed by atoms with Crippen LogP contribution >= 0.6 is 23.4 Å². The smallest absolute Gasteiger partial charge is 0.262 e. The fourth-order valence-corrected chi connectivity index (χ4v) is 4.23. The number of halogens is 1. The molecule has 0 bridgehead atoms. The molecule has 5 nitrogen and oxygen atoms in total. The lowest BCUT2D eigenvalue weighted by atomic mass is 10.2. The fraction of sp³-hybridized carbons (Fsp3) is 0.318. The quantitative estimate of drug-likeness (QED) is 0.415. The summed E-state index contributed by atoms with van der Waals surface area (Å²) >= 11 is 7.38. The Labute approximate surface area is 179 Å². The van der Waals surface area contributed by atoms with Crippen molar-refractivity contribution in [2.75, 3.05) is 11.9 Å². The first-order valence-corrected chi connectivity index (χ1v) is 10.7. The Balaban J connectivity index is 1.96. The van der Waals surface area contributed by atoms with Gasteiger partial charge in [0, 0.05) is 24.3 Å². The third kappa shape index (κ3) is 4.82. The molecule has 1 amide bonds. The average molecular weight is 430 g/mol. The minimum atomic E-state index is -0.407. The van der Waals surface area contributed by atoms with Crippen LogP contribution in [0.3, 0.4) is 0 Å². The molecule has 29 heavy (non-hydrogen) atoms. The van der Waals surface area contributed by atoms with Crippen LogP contribution in [-0.4, -0.2) is 27.8 Å². The second-order valence-electron chi connectivity index (χ2n) is 7.36. The lowest BCUT2D eigenvalue weighted by Gasteiger charge is -2.22. The highest BCUT2D eigenvalue weighted by Gasteiger charge is 2.23. The maximum atomic E-state index is 13.1. The number of anilines is 1. The van der Waals surface area contributed by atoms with Gasteiger partial charge in [0.05, 0.1) is 16.2 Å². The van der Waals surface area contributed by atoms with E-state index in [1.54, 1.807) is 34.7 Å². The third-order valence-electron chi connectivity index (χ3n) is 4.53. The molecule has 1 heterocycles. The summed E-state index contributed by atoms with van der Waals surface area (Å²) in [6.07, 6.45) is 0. The van der Waals surface area contributed by atoms with Gasteiger partial charge in [-0.15, -0.1) is 0 Å². The number of benzene rings is 2. The molecule has 2 aromatic carbocycles. The summed E-state index contributed by atoms with van der Waals surface area (Å²) < 4.78 is 1.65. The second kappa shape index (κ2) is 9.01. The minimum Gasteiger partial charge on any atom is -0.315 e. The van der Waals surface area contributed by atoms with Crippen molar-refractivity contribution >= 4 is 45.9 Å². The SMILES string of the molecule is CC(C)Cn1c(S[C@H](C)C(=O)N(C)c2ccccc2)nc2ccc(Cl)cc2c1=O. The molecule has 0 spiro atoms. The van der Waals surface area contributed by atoms with E-state index in [0.717, 1.165) is 5.69 Å². The summed E-state index contributed by atoms with van der Waals surface area (Å²) in [5.74, 6) is 0.200. The summed E-state index contributed by atoms with van der Waals surface area (Å²) in [6.45, 7) is 6.44. The number of nitrogens with zero attached hydrogens (tertiary/aromatic N) is 3. The van der Waals surface area contributed by atoms with Crippen LogP contribution in [-0.2, 0) is 11.3 Å². The highest BCUT2D eigenvalue weighted by Crippen LogP contribution is 2.26. The van der Waals surface area contributed by atoms with Crippen LogP contribution in [0.15, 0.2) is 58.5 Å². The topological polar surface area (TPSA) is 55.2 Å². The maximum Gasteiger partial charge on any atom is 0.262 e. The Kier molecular flexibility index (Phi) is 6.65. The first-order chi connectivity index (χ1) is 13.8. The van der Waals surface area contributed by atoms with E-state index in [1.807, 2.05) is 51.1 Å². The predicted octanol–water partition coefficient (Wildman–Crippen LogP) is 4.85. The van der Waals surface area contributed by atoms with Crippen molar-refractivity contribution in [2.24, 2.45) is 5.92 Å². The largest absolute Gasteiger partial charge is 0.315 e. The molecule has 3 aromatic rings. The molecule has 152 valence electrons. The number of rotatable bonds is 6. The van der Waals surface area contributed by atoms with Crippen molar-refractivity contribution in [2.45, 2.75) is 37.7 Å². The van der Waals surface area contributed by atoms with Gasteiger partial charge in [-0.25, -0.2) is 4.98 Å². The van der Waals surface area contributed by atoms with Crippen LogP contribution in [0.25, 0.3) is 10.9 Å². The van der Waals surface area contributed by atoms with Gasteiger partial charge in [0.25, 0.3) is 5.56 Å². The van der Waals surface area contributed by atoms with E-state index in [9.17, 15) is 9.59 Å². The van der Waals surface area contributed by atoms with Gasteiger partial charge < -0.3 is 4.90 Å². The van der Waals surface area contributed by atoms with E-state index in [2.05, 4.69) is 4.98 Å². The van der Waals surface area contributed by atoms with E-state index in [4.69, 9.17) is 11.6 Å². The Morgan fingerprint density at radius 2 is 1.86 bits per heavy atom. The number of carbonyl (C=O) groups excluding carboxylic acids is 1. The zero-order valence-electron chi connectivity index (χ0n) is 16.9. The van der Waals surface area contributed by atoms with Gasteiger partial charge in [-0.05, 0) is 43.2 Å². The Morgan fingerprint density at radius 3 is 2.52 bits per heavy atom. The summed E-state index contributed by atoms with van der Waals surface area (Å²) in [7, 11) is 1.76. The third-order valence-corrected chi connectivity index (χ3v) is 5.85. The molecule has 0 saturated carbocycles. The molecule has 7 heteroatoms. The molecule has 0 unspecified atom stereocenters. The van der Waals surface area contributed by atoms with Gasteiger partial charge >= 0.3 is 0 Å². The Morgan fingerprint density at radius 1 is 1.17 bits per heavy atom. The first kappa shape index (κ1) is 21.4. The number of para-hydroxylation sites is 1. The normalized spacial score (nSPS) is 12.3. The van der Waals surface area contributed by atoms with E-state index in [0.29, 0.717) is 27.6 Å². The number of hydrogen-bond donors (Lipinski definition) is 0. The van der Waals surface area contributed by atoms with Gasteiger partial charge in [-0.3, -0.25) is 14.2 Å². The molecule has 0 radical (unpaired) electrons. The molecular weight excluding hydrogens is 406 g/mol. The van der Waals surface area contributed by atoms with Crippen molar-refractivity contribution in [3.05, 3.63) is 63.9 Å². The summed E-state index contributed by atoms with van der Waals surface area (Å²) in [5.41, 5.74) is 1.27. The van der Waals surface area contributed by atoms with Crippen LogP contribution in [0.4, 0.5) is 5.69 Å². The van der Waals surface area contributed by atoms with Crippen molar-refractivity contribution in [1.29, 1.82) is 0 Å². The number of thioether (sulfide) groups is 1. The molecule has 0 aliphatic carbocycles. The van der Waals surface area contributed by atoms with E-state index >= 15 is 0 Å². The summed E-state index contributed by atoms with van der Waals surface area (Å²) in [4.78, 5) is 32.4. The zero-order chi connectivity index (χ0) is 21.1. The van der Waals surface area contributed by atoms with E-state index in [-0.39, 0.29) is 17.4 Å². The van der Waals surface area contributed by atoms with Gasteiger partial charge in [0.2, 0.25) is 5.91 Å². The first-order valence-electron chi connectivity index (χ1n) is 9.47. The molecule has 0 N–H and O–H groups in total. The lowest BCUT2D eigenvalue weighted by molar-refractivity contribution is -0.117. The lowest BCUT2D eigenvalue weighted by Crippen LogP contribution is -2.34. The van der Waals surface area contributed by atoms with Crippen molar-refractivity contribution in [3.63, 3.8) is 0 Å². The Hall–Kier alpha value is -2.31. The maximum absolute atomic E-state index is 13.1. The van der Waals surface area contributed by atoms with E-state index < -0.39 is 5.25 Å². The molecule has 1 atom stereocenters. The molecular formula is C22H24ClN3O2S. The van der Waals surface area contributed by atoms with Gasteiger partial charge in [0.1, 0.15) is 0 Å². The summed E-state index contributed by atoms with van der Waals surface area (Å²) in [6, 6.07) is 14.6. The number of hydrogen-bond acceptors (Lipinski definition) is 4. The van der Waals surface area contributed by atoms with Crippen LogP contribution in [0.2, 0.25) is 5.02 Å². The van der Waals surface area contributed by atoms with Crippen molar-refractivity contribution in [3.8, 4) is 0 Å². The molecule has 3 rings (SSSR count). The van der Waals surface area contributed by atoms with E-state index in [1.165, 1.54) is 11.8 Å². The zero-order valence-corrected chi connectivity index (χ0v) is 18.5. The minimum absolute atomic E-state index is 0.0530. The number of fused-ring (bicyclic) bond motifs is 1. The molecule has 0 aliphatic rings. The molecule has 1 aromatic heterocycles. The number of carbonyl (C=O) groups is 1. The van der Waals surface area contributed by atoms with Gasteiger partial charge in [-0.2, -0.15) is 0 Å². The van der Waals surface area contributed by atoms with Gasteiger partial charge in [0.15, 0.2) is 5.16 Å². The Bertz CT molecular complexity index is 1080. The fourth-order valence-electron chi connectivity index (χ4n) is 3.05. The molecule has 0 aliphatic heterocycles. The monoisotopic (exact) mass is 429 g/mol.